The molecule has 26 heavy (non-hydrogen) atoms. The van der Waals surface area contributed by atoms with E-state index in [1.54, 1.807) is 25.5 Å². The number of ether oxygens (including phenoxy) is 1. The molecule has 2 N–H and O–H groups in total. The summed E-state index contributed by atoms with van der Waals surface area (Å²) in [4.78, 5) is 12.6. The fourth-order valence-electron chi connectivity index (χ4n) is 2.17. The lowest BCUT2D eigenvalue weighted by atomic mass is 10.2. The quantitative estimate of drug-likeness (QED) is 0.257. The largest absolute Gasteiger partial charge is 0.477 e. The summed E-state index contributed by atoms with van der Waals surface area (Å²) < 4.78 is 5.67. The predicted octanol–water partition coefficient (Wildman–Crippen LogP) is 3.44. The molecule has 0 spiro atoms. The van der Waals surface area contributed by atoms with Gasteiger partial charge in [-0.3, -0.25) is 4.99 Å². The number of aromatic nitrogens is 2. The number of hydrogen-bond acceptors (Lipinski definition) is 4. The number of nitrogens with one attached hydrogen (secondary N) is 2. The first-order chi connectivity index (χ1) is 12.2. The summed E-state index contributed by atoms with van der Waals surface area (Å²) in [5.74, 6) is 1.40. The zero-order valence-electron chi connectivity index (χ0n) is 15.0. The average molecular weight is 490 g/mol. The minimum atomic E-state index is 0. The fraction of sp³-hybridized carbons (Fsp3) is 0.389. The highest BCUT2D eigenvalue weighted by atomic mass is 127. The molecule has 0 aliphatic heterocycles. The van der Waals surface area contributed by atoms with E-state index in [1.807, 2.05) is 18.2 Å². The number of rotatable bonds is 8. The van der Waals surface area contributed by atoms with E-state index in [-0.39, 0.29) is 24.0 Å². The van der Waals surface area contributed by atoms with Gasteiger partial charge < -0.3 is 15.4 Å². The van der Waals surface area contributed by atoms with Gasteiger partial charge in [0.05, 0.1) is 6.61 Å². The van der Waals surface area contributed by atoms with Gasteiger partial charge in [0, 0.05) is 38.1 Å². The van der Waals surface area contributed by atoms with E-state index in [0.717, 1.165) is 36.5 Å². The van der Waals surface area contributed by atoms with Crippen molar-refractivity contribution in [1.82, 2.24) is 20.6 Å². The first-order valence-electron chi connectivity index (χ1n) is 8.34. The standard InChI is InChI=1S/C18H24ClN5O.HI/c1-3-11-25-17-15(5-4-9-21-17)13-24-18(20-2)22-10-8-14-6-7-16(19)23-12-14;/h4-7,9,12H,3,8,10-11,13H2,1-2H3,(H2,20,22,24);1H. The smallest absolute Gasteiger partial charge is 0.218 e. The second-order valence-electron chi connectivity index (χ2n) is 5.41. The van der Waals surface area contributed by atoms with Crippen LogP contribution in [0.4, 0.5) is 0 Å². The van der Waals surface area contributed by atoms with Gasteiger partial charge in [-0.15, -0.1) is 24.0 Å². The van der Waals surface area contributed by atoms with Gasteiger partial charge in [0.1, 0.15) is 5.15 Å². The van der Waals surface area contributed by atoms with Gasteiger partial charge in [-0.1, -0.05) is 30.7 Å². The molecule has 0 saturated carbocycles. The van der Waals surface area contributed by atoms with Crippen molar-refractivity contribution in [3.63, 3.8) is 0 Å². The minimum Gasteiger partial charge on any atom is -0.477 e. The van der Waals surface area contributed by atoms with E-state index in [2.05, 4.69) is 32.5 Å². The van der Waals surface area contributed by atoms with Gasteiger partial charge in [-0.05, 0) is 30.5 Å². The zero-order valence-corrected chi connectivity index (χ0v) is 18.1. The topological polar surface area (TPSA) is 71.4 Å². The Balaban J connectivity index is 0.00000338. The molecule has 2 heterocycles. The highest BCUT2D eigenvalue weighted by Crippen LogP contribution is 2.14. The zero-order chi connectivity index (χ0) is 17.9. The monoisotopic (exact) mass is 489 g/mol. The van der Waals surface area contributed by atoms with Crippen LogP contribution in [0.25, 0.3) is 0 Å². The third-order valence-corrected chi connectivity index (χ3v) is 3.68. The van der Waals surface area contributed by atoms with E-state index in [1.165, 1.54) is 0 Å². The van der Waals surface area contributed by atoms with Gasteiger partial charge >= 0.3 is 0 Å². The lowest BCUT2D eigenvalue weighted by Gasteiger charge is -2.14. The summed E-state index contributed by atoms with van der Waals surface area (Å²) >= 11 is 5.79. The van der Waals surface area contributed by atoms with Crippen molar-refractivity contribution in [2.24, 2.45) is 4.99 Å². The maximum Gasteiger partial charge on any atom is 0.218 e. The first kappa shape index (κ1) is 22.4. The molecule has 0 radical (unpaired) electrons. The van der Waals surface area contributed by atoms with E-state index in [4.69, 9.17) is 16.3 Å². The SMILES string of the molecule is CCCOc1ncccc1CNC(=NC)NCCc1ccc(Cl)nc1.I. The van der Waals surface area contributed by atoms with Crippen molar-refractivity contribution < 1.29 is 4.74 Å². The van der Waals surface area contributed by atoms with E-state index in [0.29, 0.717) is 24.2 Å². The summed E-state index contributed by atoms with van der Waals surface area (Å²) in [5, 5.41) is 7.07. The van der Waals surface area contributed by atoms with Gasteiger partial charge in [-0.2, -0.15) is 0 Å². The van der Waals surface area contributed by atoms with Gasteiger partial charge in [-0.25, -0.2) is 9.97 Å². The van der Waals surface area contributed by atoms with Crippen molar-refractivity contribution in [3.8, 4) is 5.88 Å². The van der Waals surface area contributed by atoms with Crippen LogP contribution in [0.2, 0.25) is 5.15 Å². The normalized spacial score (nSPS) is 10.8. The summed E-state index contributed by atoms with van der Waals surface area (Å²) in [6.07, 6.45) is 5.31. The van der Waals surface area contributed by atoms with Crippen LogP contribution >= 0.6 is 35.6 Å². The third kappa shape index (κ3) is 7.74. The van der Waals surface area contributed by atoms with Crippen molar-refractivity contribution in [1.29, 1.82) is 0 Å². The molecular formula is C18H25ClIN5O. The molecule has 0 amide bonds. The molecule has 0 unspecified atom stereocenters. The number of nitrogens with zero attached hydrogens (tertiary/aromatic N) is 3. The Morgan fingerprint density at radius 1 is 1.23 bits per heavy atom. The predicted molar refractivity (Wildman–Crippen MR) is 117 cm³/mol. The third-order valence-electron chi connectivity index (χ3n) is 3.46. The molecular weight excluding hydrogens is 465 g/mol. The van der Waals surface area contributed by atoms with E-state index in [9.17, 15) is 0 Å². The maximum absolute atomic E-state index is 5.79. The highest BCUT2D eigenvalue weighted by molar-refractivity contribution is 14.0. The van der Waals surface area contributed by atoms with Gasteiger partial charge in [0.15, 0.2) is 5.96 Å². The molecule has 0 aliphatic rings. The van der Waals surface area contributed by atoms with Crippen LogP contribution in [0.1, 0.15) is 24.5 Å². The van der Waals surface area contributed by atoms with E-state index >= 15 is 0 Å². The fourth-order valence-corrected chi connectivity index (χ4v) is 2.28. The van der Waals surface area contributed by atoms with Gasteiger partial charge in [0.2, 0.25) is 5.88 Å². The molecule has 0 fully saturated rings. The maximum atomic E-state index is 5.79. The molecule has 2 aromatic rings. The number of pyridine rings is 2. The number of aliphatic imine (C=N–C) groups is 1. The molecule has 2 rings (SSSR count). The van der Waals surface area contributed by atoms with E-state index < -0.39 is 0 Å². The first-order valence-corrected chi connectivity index (χ1v) is 8.72. The minimum absolute atomic E-state index is 0. The molecule has 0 aliphatic carbocycles. The Hall–Kier alpha value is -1.61. The molecule has 8 heteroatoms. The van der Waals surface area contributed by atoms with Crippen molar-refractivity contribution in [2.75, 3.05) is 20.2 Å². The van der Waals surface area contributed by atoms with Crippen molar-refractivity contribution >= 4 is 41.5 Å². The molecule has 142 valence electrons. The molecule has 2 aromatic heterocycles. The number of guanidine groups is 1. The van der Waals surface area contributed by atoms with Crippen molar-refractivity contribution in [3.05, 3.63) is 52.9 Å². The number of halogens is 2. The Morgan fingerprint density at radius 2 is 2.08 bits per heavy atom. The molecule has 6 nitrogen and oxygen atoms in total. The molecule has 0 bridgehead atoms. The number of hydrogen-bond donors (Lipinski definition) is 2. The summed E-state index contributed by atoms with van der Waals surface area (Å²) in [5.41, 5.74) is 2.12. The van der Waals surface area contributed by atoms with Gasteiger partial charge in [0.25, 0.3) is 0 Å². The summed E-state index contributed by atoms with van der Waals surface area (Å²) in [6.45, 7) is 4.07. The van der Waals surface area contributed by atoms with Crippen LogP contribution in [0.3, 0.4) is 0 Å². The molecule has 0 saturated heterocycles. The molecule has 0 aromatic carbocycles. The Kier molecular flexibility index (Phi) is 11.0. The lowest BCUT2D eigenvalue weighted by molar-refractivity contribution is 0.301. The average Bonchev–Trinajstić information content (AvgIpc) is 2.65. The second-order valence-corrected chi connectivity index (χ2v) is 5.80. The van der Waals surface area contributed by atoms with Crippen LogP contribution in [0, 0.1) is 0 Å². The Bertz CT molecular complexity index is 682. The van der Waals surface area contributed by atoms with Crippen LogP contribution < -0.4 is 15.4 Å². The van der Waals surface area contributed by atoms with Crippen LogP contribution in [-0.4, -0.2) is 36.1 Å². The van der Waals surface area contributed by atoms with Crippen LogP contribution in [0.15, 0.2) is 41.7 Å². The van der Waals surface area contributed by atoms with Crippen LogP contribution in [-0.2, 0) is 13.0 Å². The van der Waals surface area contributed by atoms with Crippen LogP contribution in [0.5, 0.6) is 5.88 Å². The summed E-state index contributed by atoms with van der Waals surface area (Å²) in [7, 11) is 1.75. The Morgan fingerprint density at radius 3 is 2.77 bits per heavy atom. The lowest BCUT2D eigenvalue weighted by Crippen LogP contribution is -2.38. The Labute approximate surface area is 176 Å². The summed E-state index contributed by atoms with van der Waals surface area (Å²) in [6, 6.07) is 7.67. The highest BCUT2D eigenvalue weighted by Gasteiger charge is 2.05. The molecule has 0 atom stereocenters. The van der Waals surface area contributed by atoms with Crippen molar-refractivity contribution in [2.45, 2.75) is 26.3 Å². The second kappa shape index (κ2) is 12.7.